The maximum absolute atomic E-state index is 12.9. The van der Waals surface area contributed by atoms with E-state index in [-0.39, 0.29) is 24.4 Å². The molecule has 21 heavy (non-hydrogen) atoms. The van der Waals surface area contributed by atoms with Gasteiger partial charge in [-0.2, -0.15) is 13.2 Å². The van der Waals surface area contributed by atoms with Gasteiger partial charge in [-0.05, 0) is 46.2 Å². The van der Waals surface area contributed by atoms with Gasteiger partial charge in [0, 0.05) is 31.3 Å². The zero-order valence-electron chi connectivity index (χ0n) is 13.0. The first-order valence-electron chi connectivity index (χ1n) is 7.89. The maximum atomic E-state index is 12.9. The number of rotatable bonds is 4. The average molecular weight is 308 g/mol. The van der Waals surface area contributed by atoms with E-state index >= 15 is 0 Å². The van der Waals surface area contributed by atoms with E-state index in [4.69, 9.17) is 4.74 Å². The third-order valence-corrected chi connectivity index (χ3v) is 5.23. The molecule has 0 aromatic rings. The Hall–Kier alpha value is -0.330. The highest BCUT2D eigenvalue weighted by Gasteiger charge is 2.43. The number of likely N-dealkylation sites (N-methyl/N-ethyl adjacent to an activating group) is 1. The molecule has 2 fully saturated rings. The molecule has 0 aromatic carbocycles. The Kier molecular flexibility index (Phi) is 5.54. The van der Waals surface area contributed by atoms with Crippen LogP contribution in [0.15, 0.2) is 0 Å². The van der Waals surface area contributed by atoms with Crippen molar-refractivity contribution in [1.29, 1.82) is 0 Å². The highest BCUT2D eigenvalue weighted by molar-refractivity contribution is 4.94. The van der Waals surface area contributed by atoms with Gasteiger partial charge in [-0.3, -0.25) is 0 Å². The van der Waals surface area contributed by atoms with Gasteiger partial charge in [-0.1, -0.05) is 6.42 Å². The van der Waals surface area contributed by atoms with Crippen molar-refractivity contribution in [2.45, 2.75) is 56.3 Å². The van der Waals surface area contributed by atoms with Crippen LogP contribution in [0.2, 0.25) is 0 Å². The second-order valence-corrected chi connectivity index (χ2v) is 6.71. The Morgan fingerprint density at radius 1 is 1.19 bits per heavy atom. The third kappa shape index (κ3) is 4.33. The molecule has 1 N–H and O–H groups in total. The molecule has 1 aliphatic heterocycles. The first-order valence-corrected chi connectivity index (χ1v) is 7.89. The van der Waals surface area contributed by atoms with Crippen LogP contribution >= 0.6 is 0 Å². The van der Waals surface area contributed by atoms with E-state index in [0.717, 1.165) is 39.0 Å². The fourth-order valence-electron chi connectivity index (χ4n) is 3.54. The number of alkyl halides is 3. The summed E-state index contributed by atoms with van der Waals surface area (Å²) in [5, 5.41) is 3.42. The molecule has 2 aliphatic rings. The van der Waals surface area contributed by atoms with Crippen molar-refractivity contribution >= 4 is 0 Å². The SMILES string of the molecule is CN(C)C1(CN[C@@H]2CCC[C@@H](C(F)(F)F)C2)CCOCC1. The number of nitrogens with zero attached hydrogens (tertiary/aromatic N) is 1. The van der Waals surface area contributed by atoms with E-state index < -0.39 is 12.1 Å². The van der Waals surface area contributed by atoms with Crippen molar-refractivity contribution in [3.63, 3.8) is 0 Å². The first kappa shape index (κ1) is 17.0. The van der Waals surface area contributed by atoms with Gasteiger partial charge in [0.05, 0.1) is 5.92 Å². The largest absolute Gasteiger partial charge is 0.391 e. The topological polar surface area (TPSA) is 24.5 Å². The molecule has 1 saturated heterocycles. The quantitative estimate of drug-likeness (QED) is 0.864. The Labute approximate surface area is 125 Å². The summed E-state index contributed by atoms with van der Waals surface area (Å²) in [7, 11) is 4.10. The van der Waals surface area contributed by atoms with Gasteiger partial charge >= 0.3 is 6.18 Å². The van der Waals surface area contributed by atoms with Gasteiger partial charge in [0.25, 0.3) is 0 Å². The molecule has 1 saturated carbocycles. The Morgan fingerprint density at radius 3 is 2.43 bits per heavy atom. The lowest BCUT2D eigenvalue weighted by atomic mass is 9.83. The summed E-state index contributed by atoms with van der Waals surface area (Å²) in [6, 6.07) is -0.00922. The van der Waals surface area contributed by atoms with E-state index in [1.54, 1.807) is 0 Å². The average Bonchev–Trinajstić information content (AvgIpc) is 2.45. The van der Waals surface area contributed by atoms with Crippen LogP contribution in [0.5, 0.6) is 0 Å². The number of ether oxygens (including phenoxy) is 1. The first-order chi connectivity index (χ1) is 9.83. The van der Waals surface area contributed by atoms with Crippen LogP contribution < -0.4 is 5.32 Å². The zero-order valence-corrected chi connectivity index (χ0v) is 13.0. The number of nitrogens with one attached hydrogen (secondary N) is 1. The predicted octanol–water partition coefficient (Wildman–Crippen LogP) is 2.81. The van der Waals surface area contributed by atoms with Crippen LogP contribution in [-0.4, -0.2) is 56.5 Å². The molecule has 0 unspecified atom stereocenters. The van der Waals surface area contributed by atoms with Crippen LogP contribution in [0, 0.1) is 5.92 Å². The molecule has 3 nitrogen and oxygen atoms in total. The summed E-state index contributed by atoms with van der Waals surface area (Å²) in [6.45, 7) is 2.21. The maximum Gasteiger partial charge on any atom is 0.391 e. The lowest BCUT2D eigenvalue weighted by Gasteiger charge is -2.44. The number of halogens is 3. The van der Waals surface area contributed by atoms with E-state index in [2.05, 4.69) is 10.2 Å². The third-order valence-electron chi connectivity index (χ3n) is 5.23. The van der Waals surface area contributed by atoms with Crippen molar-refractivity contribution in [2.24, 2.45) is 5.92 Å². The normalized spacial score (nSPS) is 30.6. The highest BCUT2D eigenvalue weighted by Crippen LogP contribution is 2.37. The van der Waals surface area contributed by atoms with E-state index in [1.807, 2.05) is 14.1 Å². The second-order valence-electron chi connectivity index (χ2n) is 6.71. The van der Waals surface area contributed by atoms with E-state index in [9.17, 15) is 13.2 Å². The predicted molar refractivity (Wildman–Crippen MR) is 76.3 cm³/mol. The smallest absolute Gasteiger partial charge is 0.381 e. The Morgan fingerprint density at radius 2 is 1.86 bits per heavy atom. The van der Waals surface area contributed by atoms with Gasteiger partial charge in [0.15, 0.2) is 0 Å². The molecule has 1 aliphatic carbocycles. The van der Waals surface area contributed by atoms with Gasteiger partial charge in [-0.25, -0.2) is 0 Å². The van der Waals surface area contributed by atoms with Gasteiger partial charge in [-0.15, -0.1) is 0 Å². The highest BCUT2D eigenvalue weighted by atomic mass is 19.4. The van der Waals surface area contributed by atoms with Crippen molar-refractivity contribution in [1.82, 2.24) is 10.2 Å². The van der Waals surface area contributed by atoms with Gasteiger partial charge in [0.2, 0.25) is 0 Å². The van der Waals surface area contributed by atoms with Crippen molar-refractivity contribution < 1.29 is 17.9 Å². The molecule has 0 aromatic heterocycles. The van der Waals surface area contributed by atoms with Crippen molar-refractivity contribution in [3.05, 3.63) is 0 Å². The molecule has 0 bridgehead atoms. The molecule has 2 rings (SSSR count). The van der Waals surface area contributed by atoms with Crippen molar-refractivity contribution in [2.75, 3.05) is 33.9 Å². The van der Waals surface area contributed by atoms with E-state index in [1.165, 1.54) is 0 Å². The second kappa shape index (κ2) is 6.84. The Balaban J connectivity index is 1.89. The fraction of sp³-hybridized carbons (Fsp3) is 1.00. The number of hydrogen-bond donors (Lipinski definition) is 1. The van der Waals surface area contributed by atoms with Crippen LogP contribution in [0.1, 0.15) is 38.5 Å². The molecule has 6 heteroatoms. The molecule has 0 amide bonds. The molecule has 1 heterocycles. The summed E-state index contributed by atoms with van der Waals surface area (Å²) in [4.78, 5) is 2.20. The minimum Gasteiger partial charge on any atom is -0.381 e. The summed E-state index contributed by atoms with van der Waals surface area (Å²) >= 11 is 0. The molecule has 0 spiro atoms. The van der Waals surface area contributed by atoms with Crippen LogP contribution in [0.4, 0.5) is 13.2 Å². The summed E-state index contributed by atoms with van der Waals surface area (Å²) in [5.41, 5.74) is 0.0173. The summed E-state index contributed by atoms with van der Waals surface area (Å²) < 4.78 is 44.0. The number of hydrogen-bond acceptors (Lipinski definition) is 3. The minimum absolute atomic E-state index is 0.00922. The fourth-order valence-corrected chi connectivity index (χ4v) is 3.54. The monoisotopic (exact) mass is 308 g/mol. The molecule has 124 valence electrons. The zero-order chi connectivity index (χ0) is 15.5. The molecule has 2 atom stereocenters. The summed E-state index contributed by atoms with van der Waals surface area (Å²) in [5.74, 6) is -1.13. The lowest BCUT2D eigenvalue weighted by molar-refractivity contribution is -0.183. The molecular formula is C15H27F3N2O. The lowest BCUT2D eigenvalue weighted by Crippen LogP contribution is -2.56. The van der Waals surface area contributed by atoms with Crippen LogP contribution in [0.25, 0.3) is 0 Å². The molecular weight excluding hydrogens is 281 g/mol. The van der Waals surface area contributed by atoms with E-state index in [0.29, 0.717) is 6.42 Å². The van der Waals surface area contributed by atoms with Crippen molar-refractivity contribution in [3.8, 4) is 0 Å². The van der Waals surface area contributed by atoms with Gasteiger partial charge in [0.1, 0.15) is 0 Å². The Bertz CT molecular complexity index is 327. The summed E-state index contributed by atoms with van der Waals surface area (Å²) in [6.07, 6.45) is -0.145. The molecule has 0 radical (unpaired) electrons. The van der Waals surface area contributed by atoms with Crippen LogP contribution in [0.3, 0.4) is 0 Å². The van der Waals surface area contributed by atoms with Crippen LogP contribution in [-0.2, 0) is 4.74 Å². The minimum atomic E-state index is -4.04. The van der Waals surface area contributed by atoms with Gasteiger partial charge < -0.3 is 15.0 Å². The standard InChI is InChI=1S/C15H27F3N2O/c1-20(2)14(6-8-21-9-7-14)11-19-13-5-3-4-12(10-13)15(16,17)18/h12-13,19H,3-11H2,1-2H3/t12-,13-/m1/s1.